The molecule has 0 aromatic rings. The highest BCUT2D eigenvalue weighted by molar-refractivity contribution is 7.98. The Balaban J connectivity index is 2.48. The van der Waals surface area contributed by atoms with Crippen LogP contribution in [0.2, 0.25) is 0 Å². The number of carboxylic acid groups (broad SMARTS) is 1. The highest BCUT2D eigenvalue weighted by Crippen LogP contribution is 2.16. The number of amides is 1. The fourth-order valence-electron chi connectivity index (χ4n) is 1.93. The molecule has 0 saturated carbocycles. The molecule has 0 aliphatic carbocycles. The molecule has 0 bridgehead atoms. The molecule has 5 nitrogen and oxygen atoms in total. The van der Waals surface area contributed by atoms with Gasteiger partial charge in [0.05, 0.1) is 5.92 Å². The largest absolute Gasteiger partial charge is 0.480 e. The number of hydrogen-bond acceptors (Lipinski definition) is 4. The van der Waals surface area contributed by atoms with E-state index in [4.69, 9.17) is 5.11 Å². The Morgan fingerprint density at radius 2 is 2.24 bits per heavy atom. The summed E-state index contributed by atoms with van der Waals surface area (Å²) in [4.78, 5) is 22.9. The van der Waals surface area contributed by atoms with E-state index in [-0.39, 0.29) is 17.7 Å². The molecule has 0 radical (unpaired) electrons. The van der Waals surface area contributed by atoms with Gasteiger partial charge in [-0.2, -0.15) is 11.8 Å². The zero-order valence-electron chi connectivity index (χ0n) is 10.2. The minimum atomic E-state index is -0.953. The van der Waals surface area contributed by atoms with Crippen LogP contribution in [0.4, 0.5) is 0 Å². The van der Waals surface area contributed by atoms with Crippen molar-refractivity contribution in [2.75, 3.05) is 25.1 Å². The van der Waals surface area contributed by atoms with Crippen molar-refractivity contribution in [1.82, 2.24) is 10.6 Å². The number of carbonyl (C=O) groups is 2. The molecular formula is C11H20N2O3S. The van der Waals surface area contributed by atoms with E-state index in [9.17, 15) is 9.59 Å². The summed E-state index contributed by atoms with van der Waals surface area (Å²) in [5.74, 6) is -0.200. The summed E-state index contributed by atoms with van der Waals surface area (Å²) in [6.45, 7) is 3.46. The van der Waals surface area contributed by atoms with Crippen LogP contribution < -0.4 is 10.6 Å². The summed E-state index contributed by atoms with van der Waals surface area (Å²) in [5, 5.41) is 14.8. The third-order valence-corrected chi connectivity index (χ3v) is 3.72. The van der Waals surface area contributed by atoms with Crippen molar-refractivity contribution in [3.63, 3.8) is 0 Å². The van der Waals surface area contributed by atoms with Crippen molar-refractivity contribution in [1.29, 1.82) is 0 Å². The normalized spacial score (nSPS) is 25.5. The first kappa shape index (κ1) is 14.3. The van der Waals surface area contributed by atoms with Gasteiger partial charge in [0.15, 0.2) is 0 Å². The summed E-state index contributed by atoms with van der Waals surface area (Å²) in [6, 6.07) is -0.761. The van der Waals surface area contributed by atoms with E-state index in [1.54, 1.807) is 11.8 Å². The lowest BCUT2D eigenvalue weighted by Gasteiger charge is -2.18. The highest BCUT2D eigenvalue weighted by Gasteiger charge is 2.31. The molecule has 0 unspecified atom stereocenters. The summed E-state index contributed by atoms with van der Waals surface area (Å²) in [7, 11) is 0. The molecule has 1 fully saturated rings. The number of thioether (sulfide) groups is 1. The average Bonchev–Trinajstić information content (AvgIpc) is 2.70. The van der Waals surface area contributed by atoms with Gasteiger partial charge < -0.3 is 15.7 Å². The zero-order chi connectivity index (χ0) is 12.8. The summed E-state index contributed by atoms with van der Waals surface area (Å²) >= 11 is 1.58. The number of aliphatic carboxylic acids is 1. The molecule has 1 aliphatic heterocycles. The predicted octanol–water partition coefficient (Wildman–Crippen LogP) is 0.164. The van der Waals surface area contributed by atoms with Gasteiger partial charge in [-0.25, -0.2) is 4.79 Å². The molecule has 3 atom stereocenters. The fraction of sp³-hybridized carbons (Fsp3) is 0.818. The smallest absolute Gasteiger partial charge is 0.326 e. The maximum Gasteiger partial charge on any atom is 0.326 e. The molecule has 1 amide bonds. The van der Waals surface area contributed by atoms with Gasteiger partial charge in [-0.05, 0) is 30.9 Å². The topological polar surface area (TPSA) is 78.4 Å². The van der Waals surface area contributed by atoms with Crippen LogP contribution in [0.3, 0.4) is 0 Å². The van der Waals surface area contributed by atoms with Crippen molar-refractivity contribution < 1.29 is 14.7 Å². The minimum absolute atomic E-state index is 0.105. The van der Waals surface area contributed by atoms with Crippen LogP contribution in [0.5, 0.6) is 0 Å². The Morgan fingerprint density at radius 1 is 1.53 bits per heavy atom. The minimum Gasteiger partial charge on any atom is -0.480 e. The van der Waals surface area contributed by atoms with Gasteiger partial charge in [0, 0.05) is 6.54 Å². The maximum atomic E-state index is 11.9. The third kappa shape index (κ3) is 4.20. The molecule has 17 heavy (non-hydrogen) atoms. The second-order valence-corrected chi connectivity index (χ2v) is 5.41. The standard InChI is InChI=1S/C11H20N2O3S/c1-7-5-12-6-8(7)10(14)13-9(11(15)16)3-4-17-2/h7-9,12H,3-6H2,1-2H3,(H,13,14)(H,15,16)/t7-,8-,9+/m1/s1. The maximum absolute atomic E-state index is 11.9. The van der Waals surface area contributed by atoms with E-state index in [0.717, 1.165) is 12.3 Å². The van der Waals surface area contributed by atoms with Crippen molar-refractivity contribution >= 4 is 23.6 Å². The van der Waals surface area contributed by atoms with Crippen LogP contribution in [-0.4, -0.2) is 48.1 Å². The fourth-order valence-corrected chi connectivity index (χ4v) is 2.40. The SMILES string of the molecule is CSCC[C@H](NC(=O)[C@@H]1CNC[C@H]1C)C(=O)O. The summed E-state index contributed by atoms with van der Waals surface area (Å²) < 4.78 is 0. The van der Waals surface area contributed by atoms with E-state index in [0.29, 0.717) is 13.0 Å². The van der Waals surface area contributed by atoms with E-state index >= 15 is 0 Å². The van der Waals surface area contributed by atoms with Crippen LogP contribution in [0, 0.1) is 11.8 Å². The first-order valence-electron chi connectivity index (χ1n) is 5.79. The van der Waals surface area contributed by atoms with Crippen molar-refractivity contribution in [2.24, 2.45) is 11.8 Å². The first-order valence-corrected chi connectivity index (χ1v) is 7.18. The van der Waals surface area contributed by atoms with Gasteiger partial charge >= 0.3 is 5.97 Å². The molecule has 98 valence electrons. The molecule has 1 rings (SSSR count). The lowest BCUT2D eigenvalue weighted by molar-refractivity contribution is -0.142. The Hall–Kier alpha value is -0.750. The Labute approximate surface area is 106 Å². The second-order valence-electron chi connectivity index (χ2n) is 4.42. The van der Waals surface area contributed by atoms with Crippen LogP contribution >= 0.6 is 11.8 Å². The summed E-state index contributed by atoms with van der Waals surface area (Å²) in [5.41, 5.74) is 0. The van der Waals surface area contributed by atoms with Gasteiger partial charge in [-0.15, -0.1) is 0 Å². The van der Waals surface area contributed by atoms with Gasteiger partial charge in [-0.1, -0.05) is 6.92 Å². The number of carbonyl (C=O) groups excluding carboxylic acids is 1. The molecule has 0 spiro atoms. The number of carboxylic acids is 1. The quantitative estimate of drug-likeness (QED) is 0.634. The second kappa shape index (κ2) is 6.86. The third-order valence-electron chi connectivity index (χ3n) is 3.08. The molecule has 1 saturated heterocycles. The Morgan fingerprint density at radius 3 is 2.71 bits per heavy atom. The van der Waals surface area contributed by atoms with Crippen LogP contribution in [0.25, 0.3) is 0 Å². The summed E-state index contributed by atoms with van der Waals surface area (Å²) in [6.07, 6.45) is 2.39. The van der Waals surface area contributed by atoms with Crippen molar-refractivity contribution in [3.05, 3.63) is 0 Å². The van der Waals surface area contributed by atoms with Crippen LogP contribution in [0.15, 0.2) is 0 Å². The van der Waals surface area contributed by atoms with E-state index in [1.807, 2.05) is 13.2 Å². The van der Waals surface area contributed by atoms with Crippen LogP contribution in [-0.2, 0) is 9.59 Å². The van der Waals surface area contributed by atoms with Gasteiger partial charge in [-0.3, -0.25) is 4.79 Å². The molecule has 1 heterocycles. The average molecular weight is 260 g/mol. The Bertz CT molecular complexity index is 286. The van der Waals surface area contributed by atoms with E-state index in [2.05, 4.69) is 10.6 Å². The lowest BCUT2D eigenvalue weighted by atomic mass is 9.97. The predicted molar refractivity (Wildman–Crippen MR) is 68.1 cm³/mol. The number of hydrogen-bond donors (Lipinski definition) is 3. The lowest BCUT2D eigenvalue weighted by Crippen LogP contribution is -2.45. The molecule has 3 N–H and O–H groups in total. The number of rotatable bonds is 6. The highest BCUT2D eigenvalue weighted by atomic mass is 32.2. The van der Waals surface area contributed by atoms with Gasteiger partial charge in [0.2, 0.25) is 5.91 Å². The molecular weight excluding hydrogens is 240 g/mol. The molecule has 1 aliphatic rings. The first-order chi connectivity index (χ1) is 8.06. The van der Waals surface area contributed by atoms with Crippen LogP contribution in [0.1, 0.15) is 13.3 Å². The van der Waals surface area contributed by atoms with Crippen molar-refractivity contribution in [3.8, 4) is 0 Å². The molecule has 0 aromatic carbocycles. The van der Waals surface area contributed by atoms with E-state index < -0.39 is 12.0 Å². The van der Waals surface area contributed by atoms with Crippen molar-refractivity contribution in [2.45, 2.75) is 19.4 Å². The number of nitrogens with one attached hydrogen (secondary N) is 2. The Kier molecular flexibility index (Phi) is 5.77. The molecule has 0 aromatic heterocycles. The zero-order valence-corrected chi connectivity index (χ0v) is 11.0. The monoisotopic (exact) mass is 260 g/mol. The van der Waals surface area contributed by atoms with E-state index in [1.165, 1.54) is 0 Å². The molecule has 6 heteroatoms. The van der Waals surface area contributed by atoms with Gasteiger partial charge in [0.25, 0.3) is 0 Å². The van der Waals surface area contributed by atoms with Gasteiger partial charge in [0.1, 0.15) is 6.04 Å².